The molecule has 0 bridgehead atoms. The van der Waals surface area contributed by atoms with Crippen LogP contribution < -0.4 is 4.31 Å². The zero-order valence-corrected chi connectivity index (χ0v) is 17.1. The van der Waals surface area contributed by atoms with Crippen molar-refractivity contribution < 1.29 is 22.7 Å². The minimum absolute atomic E-state index is 0.0600. The highest BCUT2D eigenvalue weighted by molar-refractivity contribution is 7.92. The van der Waals surface area contributed by atoms with Crippen molar-refractivity contribution in [2.75, 3.05) is 31.0 Å². The summed E-state index contributed by atoms with van der Waals surface area (Å²) in [6, 6.07) is 14.2. The summed E-state index contributed by atoms with van der Waals surface area (Å²) in [6.45, 7) is 1.07. The van der Waals surface area contributed by atoms with Crippen LogP contribution in [0, 0.1) is 0 Å². The van der Waals surface area contributed by atoms with Crippen LogP contribution in [-0.2, 0) is 19.6 Å². The van der Waals surface area contributed by atoms with Crippen LogP contribution in [0.2, 0.25) is 0 Å². The van der Waals surface area contributed by atoms with E-state index in [0.717, 1.165) is 19.3 Å². The van der Waals surface area contributed by atoms with Gasteiger partial charge in [0.15, 0.2) is 6.61 Å². The number of carbonyl (C=O) groups excluding carboxylic acids is 2. The molecule has 0 aromatic heterocycles. The molecule has 0 saturated carbocycles. The Bertz CT molecular complexity index is 952. The maximum Gasteiger partial charge on any atom is 0.338 e. The highest BCUT2D eigenvalue weighted by Crippen LogP contribution is 2.22. The number of anilines is 1. The van der Waals surface area contributed by atoms with Crippen molar-refractivity contribution in [3.63, 3.8) is 0 Å². The third-order valence-corrected chi connectivity index (χ3v) is 6.70. The number of hydrogen-bond donors (Lipinski definition) is 0. The molecule has 2 aromatic carbocycles. The largest absolute Gasteiger partial charge is 0.452 e. The average Bonchev–Trinajstić information content (AvgIpc) is 2.78. The van der Waals surface area contributed by atoms with E-state index >= 15 is 0 Å². The topological polar surface area (TPSA) is 84.0 Å². The summed E-state index contributed by atoms with van der Waals surface area (Å²) in [6.07, 6.45) is 3.04. The van der Waals surface area contributed by atoms with Crippen LogP contribution in [0.1, 0.15) is 29.6 Å². The third-order valence-electron chi connectivity index (χ3n) is 4.90. The predicted octanol–water partition coefficient (Wildman–Crippen LogP) is 2.68. The molecule has 1 fully saturated rings. The van der Waals surface area contributed by atoms with Gasteiger partial charge in [-0.1, -0.05) is 18.2 Å². The van der Waals surface area contributed by atoms with Gasteiger partial charge in [0.2, 0.25) is 0 Å². The number of nitrogens with zero attached hydrogens (tertiary/aromatic N) is 2. The Morgan fingerprint density at radius 2 is 1.59 bits per heavy atom. The van der Waals surface area contributed by atoms with Crippen LogP contribution in [-0.4, -0.2) is 51.9 Å². The van der Waals surface area contributed by atoms with Crippen LogP contribution in [0.4, 0.5) is 5.69 Å². The van der Waals surface area contributed by atoms with Crippen LogP contribution in [0.15, 0.2) is 59.5 Å². The van der Waals surface area contributed by atoms with E-state index in [1.807, 2.05) is 0 Å². The molecular formula is C21H24N2O5S. The van der Waals surface area contributed by atoms with Crippen molar-refractivity contribution in [1.82, 2.24) is 4.90 Å². The number of benzene rings is 2. The summed E-state index contributed by atoms with van der Waals surface area (Å²) in [5, 5.41) is 0. The standard InChI is InChI=1S/C21H24N2O5S/c1-22(18-8-4-2-5-9-18)29(26,27)19-12-10-17(11-13-19)21(25)28-16-20(24)23-14-6-3-7-15-23/h2,4-5,8-13H,3,6-7,14-16H2,1H3. The third kappa shape index (κ3) is 4.95. The van der Waals surface area contributed by atoms with E-state index < -0.39 is 16.0 Å². The summed E-state index contributed by atoms with van der Waals surface area (Å²) in [5.41, 5.74) is 0.727. The van der Waals surface area contributed by atoms with E-state index in [1.165, 1.54) is 35.6 Å². The molecule has 1 heterocycles. The molecule has 0 radical (unpaired) electrons. The zero-order chi connectivity index (χ0) is 20.9. The lowest BCUT2D eigenvalue weighted by Gasteiger charge is -2.26. The Hall–Kier alpha value is -2.87. The molecule has 0 N–H and O–H groups in total. The minimum atomic E-state index is -3.75. The maximum atomic E-state index is 12.8. The van der Waals surface area contributed by atoms with Gasteiger partial charge in [-0.15, -0.1) is 0 Å². The van der Waals surface area contributed by atoms with E-state index in [2.05, 4.69) is 0 Å². The molecule has 7 nitrogen and oxygen atoms in total. The monoisotopic (exact) mass is 416 g/mol. The lowest BCUT2D eigenvalue weighted by molar-refractivity contribution is -0.135. The molecule has 1 amide bonds. The van der Waals surface area contributed by atoms with Gasteiger partial charge in [-0.2, -0.15) is 0 Å². The second-order valence-electron chi connectivity index (χ2n) is 6.85. The maximum absolute atomic E-state index is 12.8. The van der Waals surface area contributed by atoms with Crippen molar-refractivity contribution >= 4 is 27.6 Å². The quantitative estimate of drug-likeness (QED) is 0.676. The summed E-state index contributed by atoms with van der Waals surface area (Å²) < 4.78 is 31.8. The smallest absolute Gasteiger partial charge is 0.338 e. The number of amides is 1. The molecule has 2 aromatic rings. The van der Waals surface area contributed by atoms with Gasteiger partial charge in [0.25, 0.3) is 15.9 Å². The predicted molar refractivity (Wildman–Crippen MR) is 109 cm³/mol. The lowest BCUT2D eigenvalue weighted by Crippen LogP contribution is -2.38. The van der Waals surface area contributed by atoms with Crippen molar-refractivity contribution in [2.24, 2.45) is 0 Å². The Labute approximate surface area is 170 Å². The average molecular weight is 416 g/mol. The molecule has 0 aliphatic carbocycles. The summed E-state index contributed by atoms with van der Waals surface area (Å²) in [5.74, 6) is -0.863. The summed E-state index contributed by atoms with van der Waals surface area (Å²) in [7, 11) is -2.28. The molecule has 1 saturated heterocycles. The van der Waals surface area contributed by atoms with Crippen molar-refractivity contribution in [2.45, 2.75) is 24.2 Å². The Balaban J connectivity index is 1.63. The summed E-state index contributed by atoms with van der Waals surface area (Å²) >= 11 is 0. The molecule has 29 heavy (non-hydrogen) atoms. The first kappa shape index (κ1) is 20.9. The molecular weight excluding hydrogens is 392 g/mol. The van der Waals surface area contributed by atoms with Crippen LogP contribution >= 0.6 is 0 Å². The number of carbonyl (C=O) groups is 2. The van der Waals surface area contributed by atoms with Crippen LogP contribution in [0.5, 0.6) is 0 Å². The number of piperidine rings is 1. The van der Waals surface area contributed by atoms with Gasteiger partial charge in [0.1, 0.15) is 0 Å². The van der Waals surface area contributed by atoms with E-state index in [9.17, 15) is 18.0 Å². The Morgan fingerprint density at radius 3 is 2.21 bits per heavy atom. The second-order valence-corrected chi connectivity index (χ2v) is 8.82. The van der Waals surface area contributed by atoms with Gasteiger partial charge < -0.3 is 9.64 Å². The number of likely N-dealkylation sites (tertiary alicyclic amines) is 1. The van der Waals surface area contributed by atoms with Crippen LogP contribution in [0.25, 0.3) is 0 Å². The fourth-order valence-corrected chi connectivity index (χ4v) is 4.34. The first-order valence-electron chi connectivity index (χ1n) is 9.48. The highest BCUT2D eigenvalue weighted by atomic mass is 32.2. The molecule has 8 heteroatoms. The van der Waals surface area contributed by atoms with Gasteiger partial charge in [0, 0.05) is 20.1 Å². The lowest BCUT2D eigenvalue weighted by atomic mass is 10.1. The van der Waals surface area contributed by atoms with Gasteiger partial charge >= 0.3 is 5.97 Å². The number of esters is 1. The molecule has 1 aliphatic heterocycles. The SMILES string of the molecule is CN(c1ccccc1)S(=O)(=O)c1ccc(C(=O)OCC(=O)N2CCCCC2)cc1. The Kier molecular flexibility index (Phi) is 6.53. The number of rotatable bonds is 6. The van der Waals surface area contributed by atoms with Gasteiger partial charge in [-0.25, -0.2) is 13.2 Å². The first-order chi connectivity index (χ1) is 13.9. The van der Waals surface area contributed by atoms with E-state index in [1.54, 1.807) is 35.2 Å². The number of ether oxygens (including phenoxy) is 1. The van der Waals surface area contributed by atoms with Crippen molar-refractivity contribution in [3.8, 4) is 0 Å². The molecule has 3 rings (SSSR count). The fourth-order valence-electron chi connectivity index (χ4n) is 3.14. The zero-order valence-electron chi connectivity index (χ0n) is 16.3. The van der Waals surface area contributed by atoms with E-state index in [4.69, 9.17) is 4.74 Å². The first-order valence-corrected chi connectivity index (χ1v) is 10.9. The molecule has 1 aliphatic rings. The molecule has 0 unspecified atom stereocenters. The highest BCUT2D eigenvalue weighted by Gasteiger charge is 2.22. The fraction of sp³-hybridized carbons (Fsp3) is 0.333. The van der Waals surface area contributed by atoms with Gasteiger partial charge in [-0.05, 0) is 55.7 Å². The summed E-state index contributed by atoms with van der Waals surface area (Å²) in [4.78, 5) is 26.0. The van der Waals surface area contributed by atoms with Crippen molar-refractivity contribution in [1.29, 1.82) is 0 Å². The second kappa shape index (κ2) is 9.09. The Morgan fingerprint density at radius 1 is 0.966 bits per heavy atom. The van der Waals surface area contributed by atoms with E-state index in [0.29, 0.717) is 18.8 Å². The van der Waals surface area contributed by atoms with Gasteiger partial charge in [-0.3, -0.25) is 9.10 Å². The molecule has 0 spiro atoms. The van der Waals surface area contributed by atoms with Gasteiger partial charge in [0.05, 0.1) is 16.1 Å². The molecule has 0 atom stereocenters. The minimum Gasteiger partial charge on any atom is -0.452 e. The number of para-hydroxylation sites is 1. The number of sulfonamides is 1. The number of hydrogen-bond acceptors (Lipinski definition) is 5. The van der Waals surface area contributed by atoms with E-state index in [-0.39, 0.29) is 23.0 Å². The molecule has 154 valence electrons. The van der Waals surface area contributed by atoms with Crippen LogP contribution in [0.3, 0.4) is 0 Å². The van der Waals surface area contributed by atoms with Crippen molar-refractivity contribution in [3.05, 3.63) is 60.2 Å². The normalized spacial score (nSPS) is 14.3.